The molecule has 2 N–H and O–H groups in total. The van der Waals surface area contributed by atoms with E-state index in [1.807, 2.05) is 19.1 Å². The summed E-state index contributed by atoms with van der Waals surface area (Å²) in [7, 11) is 0. The summed E-state index contributed by atoms with van der Waals surface area (Å²) in [5.41, 5.74) is 0.435. The molecule has 3 nitrogen and oxygen atoms in total. The number of benzene rings is 1. The van der Waals surface area contributed by atoms with Gasteiger partial charge < -0.3 is 15.2 Å². The van der Waals surface area contributed by atoms with E-state index in [0.717, 1.165) is 5.75 Å². The van der Waals surface area contributed by atoms with Crippen LogP contribution in [0.15, 0.2) is 24.3 Å². The molecule has 0 amide bonds. The van der Waals surface area contributed by atoms with E-state index in [2.05, 4.69) is 31.3 Å². The van der Waals surface area contributed by atoms with Crippen molar-refractivity contribution in [2.24, 2.45) is 0 Å². The van der Waals surface area contributed by atoms with Gasteiger partial charge in [-0.05, 0) is 43.4 Å². The number of ether oxygens (including phenoxy) is 1. The van der Waals surface area contributed by atoms with Crippen molar-refractivity contribution in [2.45, 2.75) is 51.2 Å². The first-order valence-corrected chi connectivity index (χ1v) is 7.15. The predicted octanol–water partition coefficient (Wildman–Crippen LogP) is 2.69. The van der Waals surface area contributed by atoms with E-state index in [-0.39, 0.29) is 0 Å². The lowest BCUT2D eigenvalue weighted by Gasteiger charge is -2.24. The molecule has 19 heavy (non-hydrogen) atoms. The second-order valence-electron chi connectivity index (χ2n) is 6.17. The van der Waals surface area contributed by atoms with Crippen molar-refractivity contribution in [3.8, 4) is 5.75 Å². The monoisotopic (exact) mass is 263 g/mol. The molecule has 0 spiro atoms. The average Bonchev–Trinajstić information content (AvgIpc) is 3.19. The van der Waals surface area contributed by atoms with Crippen molar-refractivity contribution in [2.75, 3.05) is 13.2 Å². The van der Waals surface area contributed by atoms with E-state index >= 15 is 0 Å². The van der Waals surface area contributed by atoms with Crippen LogP contribution in [0.3, 0.4) is 0 Å². The van der Waals surface area contributed by atoms with Gasteiger partial charge in [-0.2, -0.15) is 0 Å². The van der Waals surface area contributed by atoms with Gasteiger partial charge in [0.1, 0.15) is 18.0 Å². The second kappa shape index (κ2) is 5.93. The maximum absolute atomic E-state index is 10.2. The fourth-order valence-electron chi connectivity index (χ4n) is 1.90. The summed E-state index contributed by atoms with van der Waals surface area (Å²) in [5.74, 6) is 1.32. The molecule has 1 atom stereocenters. The molecule has 0 radical (unpaired) electrons. The van der Waals surface area contributed by atoms with Crippen molar-refractivity contribution >= 4 is 0 Å². The second-order valence-corrected chi connectivity index (χ2v) is 6.17. The molecule has 0 aliphatic heterocycles. The molecular formula is C16H25NO2. The average molecular weight is 263 g/mol. The Morgan fingerprint density at radius 2 is 2.16 bits per heavy atom. The molecule has 0 heterocycles. The minimum atomic E-state index is -0.823. The fraction of sp³-hybridized carbons (Fsp3) is 0.625. The van der Waals surface area contributed by atoms with Crippen molar-refractivity contribution < 1.29 is 9.84 Å². The van der Waals surface area contributed by atoms with Crippen LogP contribution in [0.25, 0.3) is 0 Å². The normalized spacial score (nSPS) is 18.4. The first-order valence-electron chi connectivity index (χ1n) is 7.15. The van der Waals surface area contributed by atoms with Crippen LogP contribution >= 0.6 is 0 Å². The van der Waals surface area contributed by atoms with Crippen LogP contribution in [-0.2, 0) is 0 Å². The third kappa shape index (κ3) is 4.84. The Morgan fingerprint density at radius 1 is 1.42 bits per heavy atom. The molecule has 1 aromatic carbocycles. The van der Waals surface area contributed by atoms with Crippen molar-refractivity contribution in [1.29, 1.82) is 0 Å². The molecule has 3 heteroatoms. The van der Waals surface area contributed by atoms with Gasteiger partial charge in [0.2, 0.25) is 0 Å². The Morgan fingerprint density at radius 3 is 2.79 bits per heavy atom. The Bertz CT molecular complexity index is 411. The number of hydrogen-bond acceptors (Lipinski definition) is 3. The van der Waals surface area contributed by atoms with Crippen LogP contribution in [0.2, 0.25) is 0 Å². The van der Waals surface area contributed by atoms with Crippen LogP contribution in [0.1, 0.15) is 45.1 Å². The van der Waals surface area contributed by atoms with Gasteiger partial charge in [0.05, 0.1) is 0 Å². The van der Waals surface area contributed by atoms with Gasteiger partial charge >= 0.3 is 0 Å². The quantitative estimate of drug-likeness (QED) is 0.794. The maximum Gasteiger partial charge on any atom is 0.119 e. The third-order valence-corrected chi connectivity index (χ3v) is 3.42. The molecule has 0 bridgehead atoms. The number of aliphatic hydroxyl groups is 1. The van der Waals surface area contributed by atoms with Crippen LogP contribution in [-0.4, -0.2) is 29.9 Å². The Balaban J connectivity index is 1.84. The highest BCUT2D eigenvalue weighted by Gasteiger charge is 2.27. The zero-order valence-corrected chi connectivity index (χ0v) is 12.1. The molecule has 1 unspecified atom stereocenters. The minimum absolute atomic E-state index is 0.314. The van der Waals surface area contributed by atoms with Gasteiger partial charge in [-0.1, -0.05) is 26.0 Å². The van der Waals surface area contributed by atoms with Gasteiger partial charge in [0.25, 0.3) is 0 Å². The molecule has 106 valence electrons. The van der Waals surface area contributed by atoms with E-state index in [1.54, 1.807) is 0 Å². The Labute approximate surface area is 116 Å². The summed E-state index contributed by atoms with van der Waals surface area (Å²) < 4.78 is 5.72. The lowest BCUT2D eigenvalue weighted by molar-refractivity contribution is 0.0120. The summed E-state index contributed by atoms with van der Waals surface area (Å²) in [6, 6.07) is 8.70. The zero-order chi connectivity index (χ0) is 13.9. The molecule has 1 saturated carbocycles. The summed E-state index contributed by atoms with van der Waals surface area (Å²) in [5, 5.41) is 13.6. The smallest absolute Gasteiger partial charge is 0.119 e. The minimum Gasteiger partial charge on any atom is -0.491 e. The van der Waals surface area contributed by atoms with Crippen LogP contribution in [0.5, 0.6) is 5.75 Å². The van der Waals surface area contributed by atoms with Gasteiger partial charge in [-0.25, -0.2) is 0 Å². The van der Waals surface area contributed by atoms with Crippen molar-refractivity contribution in [1.82, 2.24) is 5.32 Å². The maximum atomic E-state index is 10.2. The Hall–Kier alpha value is -1.06. The standard InChI is InChI=1S/C16H25NO2/c1-12(2)13-5-4-6-15(9-13)19-11-16(3,18)10-17-14-7-8-14/h4-6,9,12,14,17-18H,7-8,10-11H2,1-3H3. The summed E-state index contributed by atoms with van der Waals surface area (Å²) >= 11 is 0. The topological polar surface area (TPSA) is 41.5 Å². The SMILES string of the molecule is CC(C)c1cccc(OCC(C)(O)CNC2CC2)c1. The van der Waals surface area contributed by atoms with Crippen LogP contribution < -0.4 is 10.1 Å². The summed E-state index contributed by atoms with van der Waals surface area (Å²) in [4.78, 5) is 0. The first kappa shape index (κ1) is 14.4. The number of rotatable bonds is 7. The lowest BCUT2D eigenvalue weighted by Crippen LogP contribution is -2.43. The number of hydrogen-bond donors (Lipinski definition) is 2. The fourth-order valence-corrected chi connectivity index (χ4v) is 1.90. The molecule has 1 aliphatic carbocycles. The highest BCUT2D eigenvalue weighted by Crippen LogP contribution is 2.22. The Kier molecular flexibility index (Phi) is 4.48. The molecule has 1 fully saturated rings. The van der Waals surface area contributed by atoms with E-state index in [4.69, 9.17) is 4.74 Å². The molecule has 0 aromatic heterocycles. The van der Waals surface area contributed by atoms with Gasteiger partial charge in [-0.3, -0.25) is 0 Å². The van der Waals surface area contributed by atoms with Crippen LogP contribution in [0, 0.1) is 0 Å². The molecule has 1 aromatic rings. The zero-order valence-electron chi connectivity index (χ0n) is 12.1. The van der Waals surface area contributed by atoms with E-state index in [1.165, 1.54) is 18.4 Å². The summed E-state index contributed by atoms with van der Waals surface area (Å²) in [6.45, 7) is 7.04. The predicted molar refractivity (Wildman–Crippen MR) is 77.7 cm³/mol. The van der Waals surface area contributed by atoms with E-state index in [9.17, 15) is 5.11 Å². The van der Waals surface area contributed by atoms with Gasteiger partial charge in [-0.15, -0.1) is 0 Å². The summed E-state index contributed by atoms with van der Waals surface area (Å²) in [6.07, 6.45) is 2.46. The molecule has 0 saturated heterocycles. The van der Waals surface area contributed by atoms with Gasteiger partial charge in [0, 0.05) is 12.6 Å². The molecule has 2 rings (SSSR count). The first-order chi connectivity index (χ1) is 8.96. The van der Waals surface area contributed by atoms with Gasteiger partial charge in [0.15, 0.2) is 0 Å². The largest absolute Gasteiger partial charge is 0.491 e. The van der Waals surface area contributed by atoms with E-state index in [0.29, 0.717) is 25.1 Å². The molecular weight excluding hydrogens is 238 g/mol. The lowest BCUT2D eigenvalue weighted by atomic mass is 10.0. The highest BCUT2D eigenvalue weighted by molar-refractivity contribution is 5.30. The van der Waals surface area contributed by atoms with Crippen LogP contribution in [0.4, 0.5) is 0 Å². The van der Waals surface area contributed by atoms with Crippen molar-refractivity contribution in [3.05, 3.63) is 29.8 Å². The molecule has 1 aliphatic rings. The highest BCUT2D eigenvalue weighted by atomic mass is 16.5. The van der Waals surface area contributed by atoms with E-state index < -0.39 is 5.60 Å². The van der Waals surface area contributed by atoms with Crippen molar-refractivity contribution in [3.63, 3.8) is 0 Å². The third-order valence-electron chi connectivity index (χ3n) is 3.42. The number of nitrogens with one attached hydrogen (secondary N) is 1.